The Morgan fingerprint density at radius 1 is 1.15 bits per heavy atom. The Morgan fingerprint density at radius 2 is 1.89 bits per heavy atom. The number of aryl methyl sites for hydroxylation is 1. The topological polar surface area (TPSA) is 68.9 Å². The number of benzene rings is 1. The van der Waals surface area contributed by atoms with Gasteiger partial charge in [-0.1, -0.05) is 25.5 Å². The van der Waals surface area contributed by atoms with Crippen molar-refractivity contribution in [2.75, 3.05) is 6.54 Å². The van der Waals surface area contributed by atoms with Gasteiger partial charge in [-0.05, 0) is 37.1 Å². The van der Waals surface area contributed by atoms with Gasteiger partial charge in [0.25, 0.3) is 0 Å². The van der Waals surface area contributed by atoms with Crippen LogP contribution in [0, 0.1) is 5.82 Å². The first-order chi connectivity index (χ1) is 13.0. The molecule has 7 heteroatoms. The monoisotopic (exact) mass is 370 g/mol. The fourth-order valence-electron chi connectivity index (χ4n) is 3.04. The summed E-state index contributed by atoms with van der Waals surface area (Å²) in [6.45, 7) is 4.92. The van der Waals surface area contributed by atoms with Crippen LogP contribution < -0.4 is 11.0 Å². The highest BCUT2D eigenvalue weighted by atomic mass is 19.1. The van der Waals surface area contributed by atoms with Gasteiger partial charge in [0.05, 0.1) is 5.52 Å². The molecule has 0 aliphatic rings. The lowest BCUT2D eigenvalue weighted by atomic mass is 10.1. The van der Waals surface area contributed by atoms with E-state index in [2.05, 4.69) is 10.3 Å². The fraction of sp³-hybridized carbons (Fsp3) is 0.350. The zero-order valence-electron chi connectivity index (χ0n) is 15.5. The molecule has 0 bridgehead atoms. The highest BCUT2D eigenvalue weighted by molar-refractivity contribution is 5.81. The summed E-state index contributed by atoms with van der Waals surface area (Å²) in [7, 11) is 0. The zero-order valence-corrected chi connectivity index (χ0v) is 15.5. The summed E-state index contributed by atoms with van der Waals surface area (Å²) in [5.41, 5.74) is 2.46. The molecule has 0 atom stereocenters. The largest absolute Gasteiger partial charge is 0.355 e. The van der Waals surface area contributed by atoms with Crippen molar-refractivity contribution in [2.24, 2.45) is 0 Å². The summed E-state index contributed by atoms with van der Waals surface area (Å²) in [4.78, 5) is 29.3. The number of nitrogens with one attached hydrogen (secondary N) is 1. The van der Waals surface area contributed by atoms with Crippen molar-refractivity contribution in [3.8, 4) is 11.1 Å². The Bertz CT molecular complexity index is 1010. The molecule has 0 aliphatic carbocycles. The molecule has 3 rings (SSSR count). The molecule has 142 valence electrons. The molecule has 0 saturated heterocycles. The quantitative estimate of drug-likeness (QED) is 0.650. The Kier molecular flexibility index (Phi) is 5.69. The van der Waals surface area contributed by atoms with E-state index in [0.717, 1.165) is 24.0 Å². The number of unbranched alkanes of at least 4 members (excludes halogenated alkanes) is 1. The number of pyridine rings is 1. The minimum Gasteiger partial charge on any atom is -0.355 e. The van der Waals surface area contributed by atoms with Crippen molar-refractivity contribution in [3.63, 3.8) is 0 Å². The number of hydrogen-bond donors (Lipinski definition) is 1. The third-order valence-corrected chi connectivity index (χ3v) is 4.50. The molecule has 1 aromatic carbocycles. The highest BCUT2D eigenvalue weighted by Gasteiger charge is 2.16. The number of fused-ring (bicyclic) bond motifs is 1. The minimum absolute atomic E-state index is 0.0606. The van der Waals surface area contributed by atoms with Crippen molar-refractivity contribution in [1.82, 2.24) is 19.4 Å². The molecule has 1 N–H and O–H groups in total. The summed E-state index contributed by atoms with van der Waals surface area (Å²) in [5.74, 6) is -0.511. The van der Waals surface area contributed by atoms with Crippen molar-refractivity contribution >= 4 is 17.1 Å². The molecule has 1 amide bonds. The molecular formula is C20H23FN4O2. The van der Waals surface area contributed by atoms with Gasteiger partial charge in [0.2, 0.25) is 5.91 Å². The highest BCUT2D eigenvalue weighted by Crippen LogP contribution is 2.22. The van der Waals surface area contributed by atoms with Crippen LogP contribution in [0.25, 0.3) is 22.3 Å². The molecule has 0 unspecified atom stereocenters. The Labute approximate surface area is 156 Å². The van der Waals surface area contributed by atoms with Crippen LogP contribution in [0.5, 0.6) is 0 Å². The molecule has 0 spiro atoms. The van der Waals surface area contributed by atoms with Gasteiger partial charge in [-0.2, -0.15) is 0 Å². The summed E-state index contributed by atoms with van der Waals surface area (Å²) in [6, 6.07) is 7.97. The van der Waals surface area contributed by atoms with Crippen LogP contribution in [0.1, 0.15) is 26.7 Å². The molecule has 3 aromatic rings. The lowest BCUT2D eigenvalue weighted by Gasteiger charge is -2.05. The third kappa shape index (κ3) is 3.92. The second kappa shape index (κ2) is 8.16. The van der Waals surface area contributed by atoms with Gasteiger partial charge in [-0.25, -0.2) is 14.2 Å². The first-order valence-electron chi connectivity index (χ1n) is 9.16. The minimum atomic E-state index is -0.307. The van der Waals surface area contributed by atoms with Gasteiger partial charge in [-0.15, -0.1) is 0 Å². The maximum Gasteiger partial charge on any atom is 0.330 e. The maximum atomic E-state index is 13.2. The van der Waals surface area contributed by atoms with Gasteiger partial charge < -0.3 is 5.32 Å². The van der Waals surface area contributed by atoms with Crippen molar-refractivity contribution in [2.45, 2.75) is 39.8 Å². The number of carbonyl (C=O) groups excluding carboxylic acids is 1. The second-order valence-corrected chi connectivity index (χ2v) is 6.39. The van der Waals surface area contributed by atoms with E-state index in [0.29, 0.717) is 24.3 Å². The van der Waals surface area contributed by atoms with Crippen molar-refractivity contribution < 1.29 is 9.18 Å². The predicted octanol–water partition coefficient (Wildman–Crippen LogP) is 2.94. The van der Waals surface area contributed by atoms with E-state index >= 15 is 0 Å². The van der Waals surface area contributed by atoms with Crippen molar-refractivity contribution in [1.29, 1.82) is 0 Å². The number of imidazole rings is 1. The number of amides is 1. The lowest BCUT2D eigenvalue weighted by Crippen LogP contribution is -2.33. The average Bonchev–Trinajstić information content (AvgIpc) is 2.93. The van der Waals surface area contributed by atoms with Crippen LogP contribution in [0.3, 0.4) is 0 Å². The maximum absolute atomic E-state index is 13.2. The fourth-order valence-corrected chi connectivity index (χ4v) is 3.04. The first kappa shape index (κ1) is 18.8. The molecule has 2 heterocycles. The Hall–Kier alpha value is -2.96. The number of aromatic nitrogens is 3. The standard InChI is InChI=1S/C20H23FN4O2/c1-3-5-10-22-18(26)13-25-19-17(24(4-2)20(25)27)11-15(12-23-19)14-6-8-16(21)9-7-14/h6-9,11-12H,3-5,10,13H2,1-2H3,(H,22,26). The van der Waals surface area contributed by atoms with E-state index in [1.807, 2.05) is 19.9 Å². The molecular weight excluding hydrogens is 347 g/mol. The van der Waals surface area contributed by atoms with Gasteiger partial charge >= 0.3 is 5.69 Å². The van der Waals surface area contributed by atoms with Crippen LogP contribution >= 0.6 is 0 Å². The van der Waals surface area contributed by atoms with Crippen LogP contribution in [0.15, 0.2) is 41.3 Å². The molecule has 2 aromatic heterocycles. The van der Waals surface area contributed by atoms with Crippen LogP contribution in [-0.4, -0.2) is 26.6 Å². The molecule has 6 nitrogen and oxygen atoms in total. The molecule has 0 radical (unpaired) electrons. The number of rotatable bonds is 7. The Morgan fingerprint density at radius 3 is 2.56 bits per heavy atom. The number of halogens is 1. The van der Waals surface area contributed by atoms with Gasteiger partial charge in [0, 0.05) is 24.8 Å². The molecule has 0 aliphatic heterocycles. The third-order valence-electron chi connectivity index (χ3n) is 4.50. The smallest absolute Gasteiger partial charge is 0.330 e. The zero-order chi connectivity index (χ0) is 19.4. The van der Waals surface area contributed by atoms with E-state index in [4.69, 9.17) is 0 Å². The van der Waals surface area contributed by atoms with Gasteiger partial charge in [0.15, 0.2) is 5.65 Å². The Balaban J connectivity index is 1.98. The molecule has 0 fully saturated rings. The lowest BCUT2D eigenvalue weighted by molar-refractivity contribution is -0.121. The van der Waals surface area contributed by atoms with E-state index in [1.165, 1.54) is 16.7 Å². The van der Waals surface area contributed by atoms with E-state index in [-0.39, 0.29) is 24.0 Å². The normalized spacial score (nSPS) is 11.1. The summed E-state index contributed by atoms with van der Waals surface area (Å²) < 4.78 is 16.2. The van der Waals surface area contributed by atoms with Crippen LogP contribution in [-0.2, 0) is 17.9 Å². The molecule has 0 saturated carbocycles. The van der Waals surface area contributed by atoms with Crippen molar-refractivity contribution in [3.05, 3.63) is 52.8 Å². The SMILES string of the molecule is CCCCNC(=O)Cn1c(=O)n(CC)c2cc(-c3ccc(F)cc3)cnc21. The predicted molar refractivity (Wildman–Crippen MR) is 103 cm³/mol. The molecule has 27 heavy (non-hydrogen) atoms. The van der Waals surface area contributed by atoms with Gasteiger partial charge in [-0.3, -0.25) is 13.9 Å². The van der Waals surface area contributed by atoms with Crippen LogP contribution in [0.4, 0.5) is 4.39 Å². The van der Waals surface area contributed by atoms with E-state index in [1.54, 1.807) is 22.9 Å². The average molecular weight is 370 g/mol. The summed E-state index contributed by atoms with van der Waals surface area (Å²) >= 11 is 0. The van der Waals surface area contributed by atoms with Gasteiger partial charge in [0.1, 0.15) is 12.4 Å². The summed E-state index contributed by atoms with van der Waals surface area (Å²) in [5, 5.41) is 2.82. The summed E-state index contributed by atoms with van der Waals surface area (Å²) in [6.07, 6.45) is 3.53. The number of nitrogens with zero attached hydrogens (tertiary/aromatic N) is 3. The number of carbonyl (C=O) groups is 1. The van der Waals surface area contributed by atoms with E-state index < -0.39 is 0 Å². The van der Waals surface area contributed by atoms with Crippen LogP contribution in [0.2, 0.25) is 0 Å². The second-order valence-electron chi connectivity index (χ2n) is 6.39. The van der Waals surface area contributed by atoms with E-state index in [9.17, 15) is 14.0 Å². The first-order valence-corrected chi connectivity index (χ1v) is 9.16. The number of hydrogen-bond acceptors (Lipinski definition) is 3.